The van der Waals surface area contributed by atoms with Crippen LogP contribution in [-0.2, 0) is 0 Å². The average molecular weight is 406 g/mol. The number of aromatic nitrogens is 2. The quantitative estimate of drug-likeness (QED) is 0.416. The standard InChI is InChI=1S/C22H22F4N2O/c1-12(2)6-13(3)11-29-22-17(21(25)26)7-14(10-28-22)16-4-5-27-19-9-15(23)8-18(24)20(16)19/h4-5,7-10,12-13,21H,6,11H2,1-3H3. The summed E-state index contributed by atoms with van der Waals surface area (Å²) in [4.78, 5) is 8.03. The zero-order chi connectivity index (χ0) is 21.1. The van der Waals surface area contributed by atoms with E-state index in [9.17, 15) is 17.6 Å². The fraction of sp³-hybridized carbons (Fsp3) is 0.364. The van der Waals surface area contributed by atoms with Gasteiger partial charge in [0.25, 0.3) is 6.43 Å². The van der Waals surface area contributed by atoms with Crippen molar-refractivity contribution in [2.24, 2.45) is 11.8 Å². The number of ether oxygens (including phenoxy) is 1. The van der Waals surface area contributed by atoms with Crippen LogP contribution in [0.4, 0.5) is 17.6 Å². The molecular weight excluding hydrogens is 384 g/mol. The molecular formula is C22H22F4N2O. The Labute approximate surface area is 166 Å². The van der Waals surface area contributed by atoms with E-state index in [1.165, 1.54) is 24.5 Å². The summed E-state index contributed by atoms with van der Waals surface area (Å²) in [7, 11) is 0. The lowest BCUT2D eigenvalue weighted by Gasteiger charge is -2.17. The molecule has 3 rings (SSSR count). The molecule has 29 heavy (non-hydrogen) atoms. The Morgan fingerprint density at radius 2 is 1.79 bits per heavy atom. The molecule has 7 heteroatoms. The number of benzene rings is 1. The highest BCUT2D eigenvalue weighted by Crippen LogP contribution is 2.35. The molecule has 1 aromatic carbocycles. The van der Waals surface area contributed by atoms with Crippen LogP contribution in [0, 0.1) is 23.5 Å². The lowest BCUT2D eigenvalue weighted by atomic mass is 10.00. The van der Waals surface area contributed by atoms with Gasteiger partial charge >= 0.3 is 0 Å². The molecule has 0 aliphatic carbocycles. The van der Waals surface area contributed by atoms with Crippen molar-refractivity contribution < 1.29 is 22.3 Å². The smallest absolute Gasteiger partial charge is 0.269 e. The molecule has 3 nitrogen and oxygen atoms in total. The van der Waals surface area contributed by atoms with Crippen LogP contribution in [0.15, 0.2) is 36.7 Å². The Morgan fingerprint density at radius 3 is 2.48 bits per heavy atom. The number of pyridine rings is 2. The molecule has 0 bridgehead atoms. The molecule has 0 radical (unpaired) electrons. The van der Waals surface area contributed by atoms with Gasteiger partial charge in [0, 0.05) is 35.5 Å². The summed E-state index contributed by atoms with van der Waals surface area (Å²) in [5.74, 6) is -1.05. The highest BCUT2D eigenvalue weighted by Gasteiger charge is 2.20. The molecule has 1 atom stereocenters. The Bertz CT molecular complexity index is 1010. The first-order valence-electron chi connectivity index (χ1n) is 9.41. The maximum absolute atomic E-state index is 14.4. The summed E-state index contributed by atoms with van der Waals surface area (Å²) in [6, 6.07) is 4.55. The molecule has 0 amide bonds. The zero-order valence-corrected chi connectivity index (χ0v) is 16.4. The second-order valence-corrected chi connectivity index (χ2v) is 7.61. The van der Waals surface area contributed by atoms with Crippen molar-refractivity contribution in [3.63, 3.8) is 0 Å². The Balaban J connectivity index is 1.98. The number of nitrogens with zero attached hydrogens (tertiary/aromatic N) is 2. The van der Waals surface area contributed by atoms with Gasteiger partial charge in [-0.15, -0.1) is 0 Å². The van der Waals surface area contributed by atoms with Crippen LogP contribution in [-0.4, -0.2) is 16.6 Å². The fourth-order valence-electron chi connectivity index (χ4n) is 3.43. The minimum absolute atomic E-state index is 0.0511. The number of halogens is 4. The normalized spacial score (nSPS) is 12.7. The summed E-state index contributed by atoms with van der Waals surface area (Å²) in [6.07, 6.45) is 0.817. The summed E-state index contributed by atoms with van der Waals surface area (Å²) in [5, 5.41) is 0.0511. The fourth-order valence-corrected chi connectivity index (χ4v) is 3.43. The molecule has 2 heterocycles. The van der Waals surface area contributed by atoms with Crippen molar-refractivity contribution in [2.75, 3.05) is 6.61 Å². The van der Waals surface area contributed by atoms with E-state index in [0.717, 1.165) is 18.6 Å². The van der Waals surface area contributed by atoms with Gasteiger partial charge in [-0.3, -0.25) is 4.98 Å². The third kappa shape index (κ3) is 4.83. The summed E-state index contributed by atoms with van der Waals surface area (Å²) >= 11 is 0. The molecule has 0 aliphatic rings. The van der Waals surface area contributed by atoms with Gasteiger partial charge in [-0.25, -0.2) is 22.5 Å². The van der Waals surface area contributed by atoms with E-state index in [2.05, 4.69) is 23.8 Å². The third-order valence-electron chi connectivity index (χ3n) is 4.56. The zero-order valence-electron chi connectivity index (χ0n) is 16.4. The predicted octanol–water partition coefficient (Wildman–Crippen LogP) is 6.57. The van der Waals surface area contributed by atoms with Crippen LogP contribution in [0.2, 0.25) is 0 Å². The van der Waals surface area contributed by atoms with Gasteiger partial charge < -0.3 is 4.74 Å². The van der Waals surface area contributed by atoms with Crippen LogP contribution in [0.5, 0.6) is 5.88 Å². The van der Waals surface area contributed by atoms with E-state index in [4.69, 9.17) is 4.74 Å². The van der Waals surface area contributed by atoms with Crippen LogP contribution >= 0.6 is 0 Å². The number of hydrogen-bond donors (Lipinski definition) is 0. The van der Waals surface area contributed by atoms with Crippen molar-refractivity contribution in [2.45, 2.75) is 33.6 Å². The minimum atomic E-state index is -2.81. The highest BCUT2D eigenvalue weighted by atomic mass is 19.3. The highest BCUT2D eigenvalue weighted by molar-refractivity contribution is 5.94. The van der Waals surface area contributed by atoms with Crippen molar-refractivity contribution in [1.82, 2.24) is 9.97 Å². The van der Waals surface area contributed by atoms with Crippen molar-refractivity contribution >= 4 is 10.9 Å². The first-order chi connectivity index (χ1) is 13.8. The molecule has 2 aromatic heterocycles. The minimum Gasteiger partial charge on any atom is -0.477 e. The summed E-state index contributed by atoms with van der Waals surface area (Å²) in [6.45, 7) is 6.42. The largest absolute Gasteiger partial charge is 0.477 e. The Morgan fingerprint density at radius 1 is 1.03 bits per heavy atom. The molecule has 0 saturated carbocycles. The van der Waals surface area contributed by atoms with Gasteiger partial charge in [0.05, 0.1) is 17.7 Å². The second kappa shape index (κ2) is 8.76. The number of rotatable bonds is 7. The molecule has 0 N–H and O–H groups in total. The van der Waals surface area contributed by atoms with Crippen molar-refractivity contribution in [3.8, 4) is 17.0 Å². The summed E-state index contributed by atoms with van der Waals surface area (Å²) in [5.41, 5.74) is 0.315. The van der Waals surface area contributed by atoms with Crippen LogP contribution < -0.4 is 4.74 Å². The molecule has 0 fully saturated rings. The summed E-state index contributed by atoms with van der Waals surface area (Å²) < 4.78 is 60.7. The van der Waals surface area contributed by atoms with Crippen molar-refractivity contribution in [3.05, 3.63) is 53.9 Å². The lowest BCUT2D eigenvalue weighted by molar-refractivity contribution is 0.140. The van der Waals surface area contributed by atoms with Gasteiger partial charge in [0.2, 0.25) is 5.88 Å². The average Bonchev–Trinajstić information content (AvgIpc) is 2.64. The number of hydrogen-bond acceptors (Lipinski definition) is 3. The Hall–Kier alpha value is -2.70. The predicted molar refractivity (Wildman–Crippen MR) is 104 cm³/mol. The lowest BCUT2D eigenvalue weighted by Crippen LogP contribution is -2.12. The molecule has 0 spiro atoms. The van der Waals surface area contributed by atoms with Gasteiger partial charge in [-0.1, -0.05) is 20.8 Å². The molecule has 1 unspecified atom stereocenters. The molecule has 154 valence electrons. The van der Waals surface area contributed by atoms with E-state index in [-0.39, 0.29) is 40.4 Å². The molecule has 0 saturated heterocycles. The Kier molecular flexibility index (Phi) is 6.35. The monoisotopic (exact) mass is 406 g/mol. The van der Waals surface area contributed by atoms with E-state index in [1.807, 2.05) is 6.92 Å². The van der Waals surface area contributed by atoms with Crippen LogP contribution in [0.1, 0.15) is 39.2 Å². The van der Waals surface area contributed by atoms with Gasteiger partial charge in [-0.05, 0) is 36.0 Å². The number of alkyl halides is 2. The number of fused-ring (bicyclic) bond motifs is 1. The van der Waals surface area contributed by atoms with Crippen LogP contribution in [0.3, 0.4) is 0 Å². The van der Waals surface area contributed by atoms with E-state index in [1.54, 1.807) is 0 Å². The van der Waals surface area contributed by atoms with Crippen molar-refractivity contribution in [1.29, 1.82) is 0 Å². The first kappa shape index (κ1) is 21.0. The molecule has 0 aliphatic heterocycles. The van der Waals surface area contributed by atoms with E-state index in [0.29, 0.717) is 11.5 Å². The molecule has 3 aromatic rings. The topological polar surface area (TPSA) is 35.0 Å². The van der Waals surface area contributed by atoms with Crippen LogP contribution in [0.25, 0.3) is 22.0 Å². The maximum atomic E-state index is 14.4. The first-order valence-corrected chi connectivity index (χ1v) is 9.41. The maximum Gasteiger partial charge on any atom is 0.269 e. The van der Waals surface area contributed by atoms with E-state index < -0.39 is 18.1 Å². The van der Waals surface area contributed by atoms with Gasteiger partial charge in [-0.2, -0.15) is 0 Å². The van der Waals surface area contributed by atoms with Gasteiger partial charge in [0.15, 0.2) is 0 Å². The van der Waals surface area contributed by atoms with E-state index >= 15 is 0 Å². The SMILES string of the molecule is CC(C)CC(C)COc1ncc(-c2ccnc3cc(F)cc(F)c23)cc1C(F)F. The third-order valence-corrected chi connectivity index (χ3v) is 4.56. The van der Waals surface area contributed by atoms with Gasteiger partial charge in [0.1, 0.15) is 11.6 Å². The second-order valence-electron chi connectivity index (χ2n) is 7.61.